The summed E-state index contributed by atoms with van der Waals surface area (Å²) < 4.78 is 11.0. The van der Waals surface area contributed by atoms with Crippen LogP contribution in [0.25, 0.3) is 0 Å². The Balaban J connectivity index is 1.42. The number of hydrogen-bond donors (Lipinski definition) is 2. The van der Waals surface area contributed by atoms with E-state index in [2.05, 4.69) is 32.7 Å². The van der Waals surface area contributed by atoms with E-state index in [0.29, 0.717) is 42.9 Å². The second-order valence-electron chi connectivity index (χ2n) is 6.37. The number of benzene rings is 2. The summed E-state index contributed by atoms with van der Waals surface area (Å²) >= 11 is 6.14. The fourth-order valence-electron chi connectivity index (χ4n) is 2.89. The molecule has 1 amide bonds. The monoisotopic (exact) mass is 410 g/mol. The average Bonchev–Trinajstić information content (AvgIpc) is 2.75. The second kappa shape index (κ2) is 8.79. The third kappa shape index (κ3) is 4.75. The normalized spacial score (nSPS) is 12.3. The molecule has 1 aliphatic rings. The summed E-state index contributed by atoms with van der Waals surface area (Å²) in [4.78, 5) is 21.1. The van der Waals surface area contributed by atoms with Crippen LogP contribution in [0.5, 0.6) is 11.5 Å². The van der Waals surface area contributed by atoms with Crippen molar-refractivity contribution in [2.75, 3.05) is 30.4 Å². The Kier molecular flexibility index (Phi) is 5.76. The maximum absolute atomic E-state index is 12.7. The highest BCUT2D eigenvalue weighted by Crippen LogP contribution is 2.32. The highest BCUT2D eigenvalue weighted by atomic mass is 35.5. The molecule has 29 heavy (non-hydrogen) atoms. The zero-order valence-electron chi connectivity index (χ0n) is 15.5. The van der Waals surface area contributed by atoms with Crippen molar-refractivity contribution in [3.8, 4) is 11.5 Å². The van der Waals surface area contributed by atoms with E-state index in [1.54, 1.807) is 18.2 Å². The summed E-state index contributed by atoms with van der Waals surface area (Å²) in [5, 5.41) is 6.08. The van der Waals surface area contributed by atoms with E-state index in [4.69, 9.17) is 21.1 Å². The minimum atomic E-state index is -0.430. The molecule has 0 atom stereocenters. The maximum Gasteiger partial charge on any atom is 0.276 e. The Morgan fingerprint density at radius 1 is 1.07 bits per heavy atom. The summed E-state index contributed by atoms with van der Waals surface area (Å²) in [6.07, 6.45) is 2.23. The van der Waals surface area contributed by atoms with Crippen LogP contribution in [0.1, 0.15) is 16.1 Å². The zero-order valence-corrected chi connectivity index (χ0v) is 16.3. The van der Waals surface area contributed by atoms with Gasteiger partial charge in [-0.3, -0.25) is 4.79 Å². The van der Waals surface area contributed by atoms with Gasteiger partial charge in [0.15, 0.2) is 17.2 Å². The van der Waals surface area contributed by atoms with Crippen molar-refractivity contribution in [1.29, 1.82) is 0 Å². The lowest BCUT2D eigenvalue weighted by atomic mass is 10.1. The van der Waals surface area contributed by atoms with Crippen LogP contribution in [-0.2, 0) is 6.42 Å². The van der Waals surface area contributed by atoms with Gasteiger partial charge in [-0.2, -0.15) is 0 Å². The number of nitrogens with one attached hydrogen (secondary N) is 2. The van der Waals surface area contributed by atoms with Gasteiger partial charge in [-0.1, -0.05) is 41.9 Å². The Bertz CT molecular complexity index is 1010. The highest BCUT2D eigenvalue weighted by Gasteiger charge is 2.17. The van der Waals surface area contributed by atoms with Crippen molar-refractivity contribution in [3.63, 3.8) is 0 Å². The lowest BCUT2D eigenvalue weighted by Gasteiger charge is -2.19. The van der Waals surface area contributed by atoms with Crippen molar-refractivity contribution < 1.29 is 14.3 Å². The molecule has 1 aromatic heterocycles. The molecule has 3 aromatic rings. The molecule has 2 heterocycles. The van der Waals surface area contributed by atoms with Crippen LogP contribution in [0, 0.1) is 0 Å². The van der Waals surface area contributed by atoms with Crippen molar-refractivity contribution >= 4 is 29.1 Å². The van der Waals surface area contributed by atoms with Gasteiger partial charge >= 0.3 is 0 Å². The number of ether oxygens (including phenoxy) is 2. The van der Waals surface area contributed by atoms with E-state index in [9.17, 15) is 4.79 Å². The number of rotatable bonds is 6. The number of halogens is 1. The third-order valence-electron chi connectivity index (χ3n) is 4.30. The number of carbonyl (C=O) groups excluding carboxylic acids is 1. The SMILES string of the molecule is O=C(Nc1ccc2c(c1)OCCO2)c1nc(NCCc2ccccc2)ncc1Cl. The lowest BCUT2D eigenvalue weighted by molar-refractivity contribution is 0.102. The van der Waals surface area contributed by atoms with Crippen LogP contribution >= 0.6 is 11.6 Å². The van der Waals surface area contributed by atoms with Crippen LogP contribution in [0.3, 0.4) is 0 Å². The van der Waals surface area contributed by atoms with Gasteiger partial charge in [0.2, 0.25) is 5.95 Å². The number of fused-ring (bicyclic) bond motifs is 1. The number of amides is 1. The van der Waals surface area contributed by atoms with E-state index in [-0.39, 0.29) is 10.7 Å². The molecule has 4 rings (SSSR count). The molecule has 0 saturated carbocycles. The van der Waals surface area contributed by atoms with Crippen LogP contribution in [-0.4, -0.2) is 35.6 Å². The van der Waals surface area contributed by atoms with E-state index >= 15 is 0 Å². The largest absolute Gasteiger partial charge is 0.486 e. The average molecular weight is 411 g/mol. The van der Waals surface area contributed by atoms with Gasteiger partial charge in [0.1, 0.15) is 13.2 Å². The number of aromatic nitrogens is 2. The van der Waals surface area contributed by atoms with Gasteiger partial charge in [-0.15, -0.1) is 0 Å². The fraction of sp³-hybridized carbons (Fsp3) is 0.190. The molecule has 0 spiro atoms. The number of hydrogen-bond acceptors (Lipinski definition) is 6. The molecule has 0 aliphatic carbocycles. The zero-order chi connectivity index (χ0) is 20.1. The molecular formula is C21H19ClN4O3. The van der Waals surface area contributed by atoms with Crippen LogP contribution in [0.2, 0.25) is 5.02 Å². The molecule has 0 fully saturated rings. The first-order chi connectivity index (χ1) is 14.2. The van der Waals surface area contributed by atoms with Gasteiger partial charge in [0.05, 0.1) is 11.2 Å². The van der Waals surface area contributed by atoms with E-state index in [1.807, 2.05) is 18.2 Å². The molecule has 1 aliphatic heterocycles. The number of nitrogens with zero attached hydrogens (tertiary/aromatic N) is 2. The summed E-state index contributed by atoms with van der Waals surface area (Å²) in [5.74, 6) is 1.16. The molecular weight excluding hydrogens is 392 g/mol. The van der Waals surface area contributed by atoms with Crippen LogP contribution in [0.4, 0.5) is 11.6 Å². The van der Waals surface area contributed by atoms with Crippen molar-refractivity contribution in [2.45, 2.75) is 6.42 Å². The quantitative estimate of drug-likeness (QED) is 0.642. The van der Waals surface area contributed by atoms with Crippen molar-refractivity contribution in [1.82, 2.24) is 9.97 Å². The Labute approximate surface area is 173 Å². The lowest BCUT2D eigenvalue weighted by Crippen LogP contribution is -2.18. The molecule has 0 radical (unpaired) electrons. The van der Waals surface area contributed by atoms with Gasteiger partial charge in [-0.05, 0) is 24.1 Å². The highest BCUT2D eigenvalue weighted by molar-refractivity contribution is 6.34. The number of carbonyl (C=O) groups is 1. The standard InChI is InChI=1S/C21H19ClN4O3/c22-16-13-24-21(23-9-8-14-4-2-1-3-5-14)26-19(16)20(27)25-15-6-7-17-18(12-15)29-11-10-28-17/h1-7,12-13H,8-11H2,(H,25,27)(H,23,24,26). The predicted octanol–water partition coefficient (Wildman–Crippen LogP) is 3.81. The van der Waals surface area contributed by atoms with Gasteiger partial charge < -0.3 is 20.1 Å². The van der Waals surface area contributed by atoms with Crippen molar-refractivity contribution in [3.05, 3.63) is 71.0 Å². The molecule has 0 saturated heterocycles. The maximum atomic E-state index is 12.7. The minimum absolute atomic E-state index is 0.0961. The first kappa shape index (κ1) is 19.0. The molecule has 148 valence electrons. The second-order valence-corrected chi connectivity index (χ2v) is 6.77. The predicted molar refractivity (Wildman–Crippen MR) is 111 cm³/mol. The number of anilines is 2. The van der Waals surface area contributed by atoms with Crippen LogP contribution in [0.15, 0.2) is 54.7 Å². The van der Waals surface area contributed by atoms with Crippen molar-refractivity contribution in [2.24, 2.45) is 0 Å². The first-order valence-electron chi connectivity index (χ1n) is 9.20. The van der Waals surface area contributed by atoms with Gasteiger partial charge in [0.25, 0.3) is 5.91 Å². The molecule has 2 N–H and O–H groups in total. The van der Waals surface area contributed by atoms with E-state index < -0.39 is 5.91 Å². The van der Waals surface area contributed by atoms with E-state index in [0.717, 1.165) is 6.42 Å². The summed E-state index contributed by atoms with van der Waals surface area (Å²) in [6.45, 7) is 1.62. The van der Waals surface area contributed by atoms with E-state index in [1.165, 1.54) is 11.8 Å². The molecule has 0 unspecified atom stereocenters. The smallest absolute Gasteiger partial charge is 0.276 e. The minimum Gasteiger partial charge on any atom is -0.486 e. The molecule has 0 bridgehead atoms. The van der Waals surface area contributed by atoms with Gasteiger partial charge in [0, 0.05) is 18.3 Å². The fourth-order valence-corrected chi connectivity index (χ4v) is 3.06. The summed E-state index contributed by atoms with van der Waals surface area (Å²) in [7, 11) is 0. The summed E-state index contributed by atoms with van der Waals surface area (Å²) in [6, 6.07) is 15.3. The van der Waals surface area contributed by atoms with Crippen LogP contribution < -0.4 is 20.1 Å². The molecule has 8 heteroatoms. The molecule has 2 aromatic carbocycles. The Hall–Kier alpha value is -3.32. The first-order valence-corrected chi connectivity index (χ1v) is 9.58. The van der Waals surface area contributed by atoms with Gasteiger partial charge in [-0.25, -0.2) is 9.97 Å². The molecule has 7 nitrogen and oxygen atoms in total. The summed E-state index contributed by atoms with van der Waals surface area (Å²) in [5.41, 5.74) is 1.86. The topological polar surface area (TPSA) is 85.4 Å². The Morgan fingerprint density at radius 2 is 1.86 bits per heavy atom. The Morgan fingerprint density at radius 3 is 2.69 bits per heavy atom. The third-order valence-corrected chi connectivity index (χ3v) is 4.58.